The number of hydrogen-bond acceptors (Lipinski definition) is 5. The molecule has 0 saturated heterocycles. The molecular formula is C76H43N5O3. The van der Waals surface area contributed by atoms with Gasteiger partial charge in [0.15, 0.2) is 5.82 Å². The van der Waals surface area contributed by atoms with Crippen molar-refractivity contribution < 1.29 is 13.3 Å². The number of hydrogen-bond donors (Lipinski definition) is 0. The quantitative estimate of drug-likeness (QED) is 0.166. The number of furan rings is 3. The highest BCUT2D eigenvalue weighted by atomic mass is 16.3. The van der Waals surface area contributed by atoms with Gasteiger partial charge >= 0.3 is 0 Å². The lowest BCUT2D eigenvalue weighted by atomic mass is 10.0. The fourth-order valence-corrected chi connectivity index (χ4v) is 13.9. The second-order valence-corrected chi connectivity index (χ2v) is 22.0. The molecule has 7 aromatic heterocycles. The Labute approximate surface area is 477 Å². The van der Waals surface area contributed by atoms with Crippen LogP contribution in [0.25, 0.3) is 182 Å². The van der Waals surface area contributed by atoms with Gasteiger partial charge in [-0.25, -0.2) is 9.97 Å². The summed E-state index contributed by atoms with van der Waals surface area (Å²) in [6, 6.07) is 92.3. The Balaban J connectivity index is 0.799. The molecule has 7 heterocycles. The van der Waals surface area contributed by atoms with Gasteiger partial charge in [-0.3, -0.25) is 0 Å². The molecule has 0 radical (unpaired) electrons. The average Bonchev–Trinajstić information content (AvgIpc) is 1.95. The minimum atomic E-state index is 0.621. The molecule has 390 valence electrons. The van der Waals surface area contributed by atoms with Crippen LogP contribution in [0, 0.1) is 0 Å². The highest BCUT2D eigenvalue weighted by Crippen LogP contribution is 2.45. The zero-order valence-electron chi connectivity index (χ0n) is 44.8. The molecule has 8 heteroatoms. The molecule has 0 aliphatic carbocycles. The third-order valence-corrected chi connectivity index (χ3v) is 17.4. The fraction of sp³-hybridized carbons (Fsp3) is 0. The van der Waals surface area contributed by atoms with Crippen LogP contribution in [0.3, 0.4) is 0 Å². The predicted octanol–water partition coefficient (Wildman–Crippen LogP) is 20.5. The Morgan fingerprint density at radius 3 is 0.988 bits per heavy atom. The van der Waals surface area contributed by atoms with Crippen molar-refractivity contribution in [1.82, 2.24) is 23.7 Å². The first kappa shape index (κ1) is 45.3. The molecule has 0 saturated carbocycles. The monoisotopic (exact) mass is 1070 g/mol. The zero-order chi connectivity index (χ0) is 54.7. The summed E-state index contributed by atoms with van der Waals surface area (Å²) in [5.41, 5.74) is 19.5. The van der Waals surface area contributed by atoms with E-state index in [1.165, 1.54) is 32.3 Å². The van der Waals surface area contributed by atoms with Crippen LogP contribution >= 0.6 is 0 Å². The first-order chi connectivity index (χ1) is 41.6. The van der Waals surface area contributed by atoms with E-state index in [4.69, 9.17) is 23.2 Å². The molecule has 0 atom stereocenters. The average molecular weight is 1070 g/mol. The number of fused-ring (bicyclic) bond motifs is 21. The summed E-state index contributed by atoms with van der Waals surface area (Å²) in [6.45, 7) is 0. The van der Waals surface area contributed by atoms with Crippen molar-refractivity contribution in [3.8, 4) is 51.0 Å². The number of benzene rings is 12. The number of rotatable bonds is 6. The van der Waals surface area contributed by atoms with Gasteiger partial charge in [-0.2, -0.15) is 0 Å². The summed E-state index contributed by atoms with van der Waals surface area (Å²) in [5.74, 6) is 0.621. The molecular weight excluding hydrogens is 1030 g/mol. The van der Waals surface area contributed by atoms with E-state index < -0.39 is 0 Å². The summed E-state index contributed by atoms with van der Waals surface area (Å²) < 4.78 is 26.4. The molecule has 0 N–H and O–H groups in total. The maximum Gasteiger partial charge on any atom is 0.160 e. The number of para-hydroxylation sites is 6. The maximum absolute atomic E-state index is 6.44. The first-order valence-corrected chi connectivity index (χ1v) is 28.4. The Kier molecular flexibility index (Phi) is 9.18. The molecule has 19 aromatic rings. The molecule has 0 fully saturated rings. The Bertz CT molecular complexity index is 5750. The summed E-state index contributed by atoms with van der Waals surface area (Å²) >= 11 is 0. The van der Waals surface area contributed by atoms with Crippen molar-refractivity contribution in [3.05, 3.63) is 261 Å². The highest BCUT2D eigenvalue weighted by Gasteiger charge is 2.23. The second-order valence-electron chi connectivity index (χ2n) is 22.0. The molecule has 0 aliphatic rings. The summed E-state index contributed by atoms with van der Waals surface area (Å²) in [7, 11) is 0. The van der Waals surface area contributed by atoms with Gasteiger partial charge < -0.3 is 27.0 Å². The summed E-state index contributed by atoms with van der Waals surface area (Å²) in [4.78, 5) is 11.0. The van der Waals surface area contributed by atoms with Gasteiger partial charge in [-0.05, 0) is 127 Å². The largest absolute Gasteiger partial charge is 0.456 e. The van der Waals surface area contributed by atoms with E-state index in [9.17, 15) is 0 Å². The smallest absolute Gasteiger partial charge is 0.160 e. The van der Waals surface area contributed by atoms with Crippen molar-refractivity contribution in [2.45, 2.75) is 0 Å². The van der Waals surface area contributed by atoms with Gasteiger partial charge in [0, 0.05) is 98.4 Å². The first-order valence-electron chi connectivity index (χ1n) is 28.4. The Morgan fingerprint density at radius 2 is 0.583 bits per heavy atom. The SMILES string of the molecule is c1cc(-c2cc(-c3cccc(-n4c5ccccc5c5c6c(ccc54)oc4ccccc46)c3)nc(-c3ccc(-n4c5ccccc5c5c6c(ccc54)oc4ccccc46)cc3)n2)cc(-n2c3ccccc3c3c4c(ccc32)oc2ccccc24)c1. The van der Waals surface area contributed by atoms with Gasteiger partial charge in [-0.1, -0.05) is 133 Å². The molecule has 0 amide bonds. The van der Waals surface area contributed by atoms with Crippen LogP contribution in [0.1, 0.15) is 0 Å². The minimum Gasteiger partial charge on any atom is -0.456 e. The zero-order valence-corrected chi connectivity index (χ0v) is 44.8. The van der Waals surface area contributed by atoms with Gasteiger partial charge in [0.2, 0.25) is 0 Å². The topological polar surface area (TPSA) is 80.0 Å². The highest BCUT2D eigenvalue weighted by molar-refractivity contribution is 6.30. The van der Waals surface area contributed by atoms with Crippen LogP contribution in [0.15, 0.2) is 274 Å². The summed E-state index contributed by atoms with van der Waals surface area (Å²) in [6.07, 6.45) is 0. The minimum absolute atomic E-state index is 0.621. The maximum atomic E-state index is 6.44. The standard InChI is InChI=1S/C76H43N5O3/c1-7-25-58-50(19-1)70-61(35-38-67-73(70)53-22-4-10-28-64(53)82-67)79(58)47-33-31-44(32-34-47)76-77-56(45-15-13-17-48(41-45)80-59-26-8-2-20-51(59)71-62(80)36-39-68-74(71)54-23-5-11-29-65(54)83-68)43-57(78-76)46-16-14-18-49(42-46)81-60-27-9-3-21-52(60)72-63(81)37-40-69-75(72)55-24-6-12-30-66(55)84-69/h1-43H. The lowest BCUT2D eigenvalue weighted by molar-refractivity contribution is 0.669. The molecule has 12 aromatic carbocycles. The van der Waals surface area contributed by atoms with Gasteiger partial charge in [0.25, 0.3) is 0 Å². The third kappa shape index (κ3) is 6.36. The van der Waals surface area contributed by atoms with E-state index >= 15 is 0 Å². The molecule has 0 bridgehead atoms. The number of aromatic nitrogens is 5. The third-order valence-electron chi connectivity index (χ3n) is 17.4. The lowest BCUT2D eigenvalue weighted by Gasteiger charge is -2.14. The Hall–Kier alpha value is -11.5. The van der Waals surface area contributed by atoms with Crippen molar-refractivity contribution in [2.24, 2.45) is 0 Å². The lowest BCUT2D eigenvalue weighted by Crippen LogP contribution is -1.99. The van der Waals surface area contributed by atoms with Gasteiger partial charge in [-0.15, -0.1) is 0 Å². The Morgan fingerprint density at radius 1 is 0.226 bits per heavy atom. The van der Waals surface area contributed by atoms with Gasteiger partial charge in [0.1, 0.15) is 33.5 Å². The van der Waals surface area contributed by atoms with Crippen LogP contribution in [0.2, 0.25) is 0 Å². The van der Waals surface area contributed by atoms with E-state index in [0.717, 1.165) is 144 Å². The molecule has 8 nitrogen and oxygen atoms in total. The fourth-order valence-electron chi connectivity index (χ4n) is 13.9. The van der Waals surface area contributed by atoms with Crippen molar-refractivity contribution >= 4 is 131 Å². The second kappa shape index (κ2) is 17.0. The van der Waals surface area contributed by atoms with Crippen molar-refractivity contribution in [1.29, 1.82) is 0 Å². The van der Waals surface area contributed by atoms with E-state index in [1.807, 2.05) is 24.3 Å². The molecule has 0 spiro atoms. The molecule has 0 unspecified atom stereocenters. The normalized spacial score (nSPS) is 12.3. The number of nitrogens with zero attached hydrogens (tertiary/aromatic N) is 5. The van der Waals surface area contributed by atoms with Crippen molar-refractivity contribution in [2.75, 3.05) is 0 Å². The summed E-state index contributed by atoms with van der Waals surface area (Å²) in [5, 5.41) is 13.7. The van der Waals surface area contributed by atoms with Crippen LogP contribution in [0.5, 0.6) is 0 Å². The van der Waals surface area contributed by atoms with Crippen LogP contribution in [-0.4, -0.2) is 23.7 Å². The van der Waals surface area contributed by atoms with Gasteiger partial charge in [0.05, 0.1) is 44.5 Å². The van der Waals surface area contributed by atoms with Crippen LogP contribution in [-0.2, 0) is 0 Å². The molecule has 84 heavy (non-hydrogen) atoms. The predicted molar refractivity (Wildman–Crippen MR) is 343 cm³/mol. The van der Waals surface area contributed by atoms with E-state index in [-0.39, 0.29) is 0 Å². The van der Waals surface area contributed by atoms with Crippen LogP contribution in [0.4, 0.5) is 0 Å². The van der Waals surface area contributed by atoms with E-state index in [0.29, 0.717) is 5.82 Å². The van der Waals surface area contributed by atoms with Crippen LogP contribution < -0.4 is 0 Å². The molecule has 19 rings (SSSR count). The van der Waals surface area contributed by atoms with E-state index in [2.05, 4.69) is 250 Å². The molecule has 0 aliphatic heterocycles. The van der Waals surface area contributed by atoms with E-state index in [1.54, 1.807) is 0 Å². The van der Waals surface area contributed by atoms with Crippen molar-refractivity contribution in [3.63, 3.8) is 0 Å².